The lowest BCUT2D eigenvalue weighted by atomic mass is 10.1. The minimum absolute atomic E-state index is 0. The first-order chi connectivity index (χ1) is 9.22. The molecule has 2 nitrogen and oxygen atoms in total. The van der Waals surface area contributed by atoms with E-state index in [-0.39, 0.29) is 35.7 Å². The lowest BCUT2D eigenvalue weighted by Gasteiger charge is -2.31. The number of nitrogens with zero attached hydrogens (tertiary/aromatic N) is 1. The van der Waals surface area contributed by atoms with Crippen molar-refractivity contribution in [1.29, 1.82) is 0 Å². The average Bonchev–Trinajstić information content (AvgIpc) is 2.92. The molecule has 0 aliphatic carbocycles. The van der Waals surface area contributed by atoms with Gasteiger partial charge in [0.25, 0.3) is 0 Å². The second-order valence-electron chi connectivity index (χ2n) is 4.78. The van der Waals surface area contributed by atoms with Gasteiger partial charge in [-0.1, -0.05) is 11.6 Å². The van der Waals surface area contributed by atoms with Crippen LogP contribution >= 0.6 is 48.2 Å². The third-order valence-electron chi connectivity index (χ3n) is 3.46. The van der Waals surface area contributed by atoms with E-state index < -0.39 is 0 Å². The molecule has 1 aromatic carbocycles. The van der Waals surface area contributed by atoms with E-state index in [1.54, 1.807) is 6.07 Å². The van der Waals surface area contributed by atoms with Crippen molar-refractivity contribution >= 4 is 53.9 Å². The first-order valence-electron chi connectivity index (χ1n) is 6.63. The van der Waals surface area contributed by atoms with Crippen LogP contribution in [-0.4, -0.2) is 37.7 Å². The highest BCUT2D eigenvalue weighted by Gasteiger charge is 2.22. The van der Waals surface area contributed by atoms with Crippen molar-refractivity contribution in [2.45, 2.75) is 18.9 Å². The largest absolute Gasteiger partial charge is 0.367 e. The molecule has 2 rings (SSSR count). The molecule has 0 spiro atoms. The fourth-order valence-corrected chi connectivity index (χ4v) is 3.06. The molecular weight excluding hydrogens is 354 g/mol. The maximum Gasteiger partial charge on any atom is 0.141 e. The van der Waals surface area contributed by atoms with Crippen molar-refractivity contribution < 1.29 is 4.39 Å². The number of hydrogen-bond acceptors (Lipinski definition) is 3. The summed E-state index contributed by atoms with van der Waals surface area (Å²) in [6.45, 7) is 3.04. The highest BCUT2D eigenvalue weighted by molar-refractivity contribution is 7.98. The van der Waals surface area contributed by atoms with Gasteiger partial charge < -0.3 is 10.2 Å². The Morgan fingerprint density at radius 2 is 2.19 bits per heavy atom. The predicted molar refractivity (Wildman–Crippen MR) is 97.5 cm³/mol. The normalized spacial score (nSPS) is 17.0. The number of halogens is 4. The van der Waals surface area contributed by atoms with Gasteiger partial charge in [-0.3, -0.25) is 0 Å². The van der Waals surface area contributed by atoms with Gasteiger partial charge in [-0.05, 0) is 49.6 Å². The molecule has 1 aliphatic rings. The molecule has 0 bridgehead atoms. The van der Waals surface area contributed by atoms with E-state index >= 15 is 0 Å². The summed E-state index contributed by atoms with van der Waals surface area (Å²) >= 11 is 7.76. The molecule has 0 saturated carbocycles. The molecule has 0 aromatic heterocycles. The molecule has 1 heterocycles. The first-order valence-corrected chi connectivity index (χ1v) is 8.41. The summed E-state index contributed by atoms with van der Waals surface area (Å²) in [5.74, 6) is 0.796. The molecule has 0 amide bonds. The van der Waals surface area contributed by atoms with E-state index in [0.29, 0.717) is 6.04 Å². The minimum atomic E-state index is -0.348. The second-order valence-corrected chi connectivity index (χ2v) is 6.18. The van der Waals surface area contributed by atoms with Crippen LogP contribution in [0.4, 0.5) is 10.1 Å². The topological polar surface area (TPSA) is 15.3 Å². The van der Waals surface area contributed by atoms with Crippen LogP contribution < -0.4 is 10.2 Å². The van der Waals surface area contributed by atoms with Crippen molar-refractivity contribution in [2.75, 3.05) is 36.5 Å². The van der Waals surface area contributed by atoms with Crippen LogP contribution in [0.15, 0.2) is 18.2 Å². The number of anilines is 1. The molecule has 1 fully saturated rings. The van der Waals surface area contributed by atoms with Gasteiger partial charge in [0.05, 0.1) is 5.02 Å². The Hall–Kier alpha value is 0.130. The van der Waals surface area contributed by atoms with E-state index in [4.69, 9.17) is 11.6 Å². The highest BCUT2D eigenvalue weighted by Crippen LogP contribution is 2.26. The lowest BCUT2D eigenvalue weighted by Crippen LogP contribution is -2.38. The number of nitrogens with one attached hydrogen (secondary N) is 1. The average molecular weight is 376 g/mol. The molecule has 1 aromatic rings. The Labute approximate surface area is 148 Å². The summed E-state index contributed by atoms with van der Waals surface area (Å²) in [6, 6.07) is 5.53. The second kappa shape index (κ2) is 10.8. The third-order valence-corrected chi connectivity index (χ3v) is 4.44. The van der Waals surface area contributed by atoms with Crippen LogP contribution in [0.3, 0.4) is 0 Å². The van der Waals surface area contributed by atoms with Crippen molar-refractivity contribution in [3.63, 3.8) is 0 Å². The maximum absolute atomic E-state index is 13.3. The lowest BCUT2D eigenvalue weighted by molar-refractivity contribution is 0.617. The zero-order valence-corrected chi connectivity index (χ0v) is 15.2. The Morgan fingerprint density at radius 1 is 1.43 bits per heavy atom. The Morgan fingerprint density at radius 3 is 2.76 bits per heavy atom. The van der Waals surface area contributed by atoms with Gasteiger partial charge in [0.15, 0.2) is 0 Å². The van der Waals surface area contributed by atoms with E-state index in [1.165, 1.54) is 6.07 Å². The summed E-state index contributed by atoms with van der Waals surface area (Å²) in [7, 11) is 0. The molecule has 122 valence electrons. The SMILES string of the molecule is CSCCCN(c1ccc(F)c(Cl)c1)[C@H]1CCNC1.Cl.Cl. The zero-order chi connectivity index (χ0) is 13.7. The summed E-state index contributed by atoms with van der Waals surface area (Å²) in [4.78, 5) is 2.36. The monoisotopic (exact) mass is 374 g/mol. The minimum Gasteiger partial charge on any atom is -0.367 e. The molecule has 0 unspecified atom stereocenters. The Kier molecular flexibility index (Phi) is 10.9. The van der Waals surface area contributed by atoms with Crippen LogP contribution in [0.1, 0.15) is 12.8 Å². The highest BCUT2D eigenvalue weighted by atomic mass is 35.5. The van der Waals surface area contributed by atoms with Crippen LogP contribution in [-0.2, 0) is 0 Å². The smallest absolute Gasteiger partial charge is 0.141 e. The number of benzene rings is 1. The Bertz CT molecular complexity index is 417. The molecule has 1 aliphatic heterocycles. The van der Waals surface area contributed by atoms with Gasteiger partial charge in [-0.25, -0.2) is 4.39 Å². The summed E-state index contributed by atoms with van der Waals surface area (Å²) in [5.41, 5.74) is 1.03. The molecule has 21 heavy (non-hydrogen) atoms. The standard InChI is InChI=1S/C14H20ClFN2S.2ClH/c1-19-8-2-7-18(12-5-6-17-10-12)11-3-4-14(16)13(15)9-11;;/h3-4,9,12,17H,2,5-8,10H2,1H3;2*1H/t12-;;/m0../s1. The quantitative estimate of drug-likeness (QED) is 0.749. The van der Waals surface area contributed by atoms with Gasteiger partial charge in [0.2, 0.25) is 0 Å². The zero-order valence-electron chi connectivity index (χ0n) is 12.0. The summed E-state index contributed by atoms with van der Waals surface area (Å²) in [5, 5.41) is 3.59. The third kappa shape index (κ3) is 6.03. The number of thioether (sulfide) groups is 1. The van der Waals surface area contributed by atoms with Gasteiger partial charge in [-0.2, -0.15) is 11.8 Å². The predicted octanol–water partition coefficient (Wildman–Crippen LogP) is 4.24. The van der Waals surface area contributed by atoms with E-state index in [0.717, 1.165) is 43.9 Å². The molecule has 0 radical (unpaired) electrons. The maximum atomic E-state index is 13.3. The van der Waals surface area contributed by atoms with E-state index in [9.17, 15) is 4.39 Å². The first kappa shape index (κ1) is 21.1. The molecular formula is C14H22Cl3FN2S. The number of rotatable bonds is 6. The number of hydrogen-bond donors (Lipinski definition) is 1. The fraction of sp³-hybridized carbons (Fsp3) is 0.571. The van der Waals surface area contributed by atoms with Crippen LogP contribution in [0.2, 0.25) is 5.02 Å². The van der Waals surface area contributed by atoms with Crippen molar-refractivity contribution in [3.05, 3.63) is 29.0 Å². The molecule has 7 heteroatoms. The fourth-order valence-electron chi connectivity index (χ4n) is 2.47. The van der Waals surface area contributed by atoms with Crippen LogP contribution in [0.5, 0.6) is 0 Å². The molecule has 1 N–H and O–H groups in total. The van der Waals surface area contributed by atoms with E-state index in [1.807, 2.05) is 17.8 Å². The van der Waals surface area contributed by atoms with Crippen LogP contribution in [0.25, 0.3) is 0 Å². The summed E-state index contributed by atoms with van der Waals surface area (Å²) in [6.07, 6.45) is 4.39. The van der Waals surface area contributed by atoms with Crippen molar-refractivity contribution in [2.24, 2.45) is 0 Å². The van der Waals surface area contributed by atoms with Crippen molar-refractivity contribution in [1.82, 2.24) is 5.32 Å². The van der Waals surface area contributed by atoms with Crippen LogP contribution in [0, 0.1) is 5.82 Å². The van der Waals surface area contributed by atoms with Gasteiger partial charge in [0, 0.05) is 24.8 Å². The Balaban J connectivity index is 0.00000200. The summed E-state index contributed by atoms with van der Waals surface area (Å²) < 4.78 is 13.3. The van der Waals surface area contributed by atoms with E-state index in [2.05, 4.69) is 16.5 Å². The van der Waals surface area contributed by atoms with Gasteiger partial charge >= 0.3 is 0 Å². The van der Waals surface area contributed by atoms with Crippen molar-refractivity contribution in [3.8, 4) is 0 Å². The van der Waals surface area contributed by atoms with Gasteiger partial charge in [-0.15, -0.1) is 24.8 Å². The van der Waals surface area contributed by atoms with Gasteiger partial charge in [0.1, 0.15) is 5.82 Å². The molecule has 1 atom stereocenters. The molecule has 1 saturated heterocycles.